The third kappa shape index (κ3) is 3.90. The van der Waals surface area contributed by atoms with E-state index < -0.39 is 0 Å². The standard InChI is InChI=1S/C23H29N7O4/c1-24-20-11-19(26-17-5-4-8-29(23(17)32)13-9-14(10-13)33-2)28-21-15(12-25-30(20)21)22(31)27-16-6-7-18(16)34-3/h4-5,8,11-14,16,18,24H,6-7,9-10H2,1-3H3,(H,26,28)(H,27,31)/t13-,14+,16-,18-/m0/s1. The van der Waals surface area contributed by atoms with Crippen LogP contribution in [0.4, 0.5) is 17.3 Å². The molecule has 11 nitrogen and oxygen atoms in total. The average Bonchev–Trinajstić information content (AvgIpc) is 3.22. The monoisotopic (exact) mass is 467 g/mol. The quantitative estimate of drug-likeness (QED) is 0.459. The number of carbonyl (C=O) groups excluding carboxylic acids is 1. The van der Waals surface area contributed by atoms with E-state index in [-0.39, 0.29) is 35.8 Å². The number of rotatable bonds is 8. The summed E-state index contributed by atoms with van der Waals surface area (Å²) in [5.74, 6) is 0.805. The Kier molecular flexibility index (Phi) is 5.96. The lowest BCUT2D eigenvalue weighted by Gasteiger charge is -2.35. The summed E-state index contributed by atoms with van der Waals surface area (Å²) in [6.45, 7) is 0. The number of nitrogens with zero attached hydrogens (tertiary/aromatic N) is 4. The number of pyridine rings is 1. The van der Waals surface area contributed by atoms with Crippen molar-refractivity contribution in [2.75, 3.05) is 31.9 Å². The molecule has 2 saturated carbocycles. The van der Waals surface area contributed by atoms with Gasteiger partial charge in [0.25, 0.3) is 11.5 Å². The highest BCUT2D eigenvalue weighted by Gasteiger charge is 2.33. The third-order valence-electron chi connectivity index (χ3n) is 6.84. The van der Waals surface area contributed by atoms with Crippen LogP contribution in [0.15, 0.2) is 35.4 Å². The van der Waals surface area contributed by atoms with Crippen LogP contribution in [-0.4, -0.2) is 64.6 Å². The van der Waals surface area contributed by atoms with Gasteiger partial charge in [-0.2, -0.15) is 9.61 Å². The molecule has 0 saturated heterocycles. The molecule has 2 atom stereocenters. The Morgan fingerprint density at radius 2 is 2.03 bits per heavy atom. The normalized spacial score (nSPS) is 23.7. The van der Waals surface area contributed by atoms with Crippen molar-refractivity contribution in [3.8, 4) is 0 Å². The van der Waals surface area contributed by atoms with E-state index in [1.54, 1.807) is 48.7 Å². The first-order chi connectivity index (χ1) is 16.5. The zero-order valence-corrected chi connectivity index (χ0v) is 19.4. The van der Waals surface area contributed by atoms with E-state index in [2.05, 4.69) is 26.0 Å². The van der Waals surface area contributed by atoms with Crippen LogP contribution in [-0.2, 0) is 9.47 Å². The zero-order valence-electron chi connectivity index (χ0n) is 19.4. The van der Waals surface area contributed by atoms with Gasteiger partial charge in [-0.05, 0) is 37.8 Å². The Morgan fingerprint density at radius 3 is 2.71 bits per heavy atom. The molecule has 2 aliphatic carbocycles. The summed E-state index contributed by atoms with van der Waals surface area (Å²) in [6, 6.07) is 5.40. The van der Waals surface area contributed by atoms with Crippen LogP contribution in [0.1, 0.15) is 42.1 Å². The number of ether oxygens (including phenoxy) is 2. The second kappa shape index (κ2) is 9.07. The van der Waals surface area contributed by atoms with Gasteiger partial charge >= 0.3 is 0 Å². The molecule has 0 unspecified atom stereocenters. The van der Waals surface area contributed by atoms with Crippen LogP contribution < -0.4 is 21.5 Å². The van der Waals surface area contributed by atoms with Gasteiger partial charge in [0.05, 0.1) is 24.4 Å². The summed E-state index contributed by atoms with van der Waals surface area (Å²) < 4.78 is 14.0. The lowest BCUT2D eigenvalue weighted by atomic mass is 9.89. The van der Waals surface area contributed by atoms with E-state index in [9.17, 15) is 9.59 Å². The van der Waals surface area contributed by atoms with Gasteiger partial charge in [0.15, 0.2) is 5.65 Å². The molecule has 3 aromatic rings. The zero-order chi connectivity index (χ0) is 23.8. The average molecular weight is 468 g/mol. The number of methoxy groups -OCH3 is 2. The van der Waals surface area contributed by atoms with Gasteiger partial charge in [0, 0.05) is 39.6 Å². The molecule has 0 spiro atoms. The molecule has 0 bridgehead atoms. The maximum absolute atomic E-state index is 13.1. The fourth-order valence-electron chi connectivity index (χ4n) is 4.52. The number of amides is 1. The smallest absolute Gasteiger partial charge is 0.274 e. The van der Waals surface area contributed by atoms with Crippen LogP contribution in [0.2, 0.25) is 0 Å². The van der Waals surface area contributed by atoms with Gasteiger partial charge in [-0.25, -0.2) is 4.98 Å². The molecule has 11 heteroatoms. The molecular formula is C23H29N7O4. The van der Waals surface area contributed by atoms with E-state index in [1.165, 1.54) is 6.20 Å². The fourth-order valence-corrected chi connectivity index (χ4v) is 4.52. The van der Waals surface area contributed by atoms with Crippen molar-refractivity contribution in [3.05, 3.63) is 46.5 Å². The Labute approximate surface area is 196 Å². The minimum Gasteiger partial charge on any atom is -0.381 e. The second-order valence-electron chi connectivity index (χ2n) is 8.74. The van der Waals surface area contributed by atoms with E-state index >= 15 is 0 Å². The number of nitrogens with one attached hydrogen (secondary N) is 3. The number of aromatic nitrogens is 4. The number of hydrogen-bond acceptors (Lipinski definition) is 8. The van der Waals surface area contributed by atoms with E-state index in [4.69, 9.17) is 9.47 Å². The second-order valence-corrected chi connectivity index (χ2v) is 8.74. The molecule has 2 fully saturated rings. The summed E-state index contributed by atoms with van der Waals surface area (Å²) in [5, 5.41) is 13.5. The molecule has 5 rings (SSSR count). The predicted molar refractivity (Wildman–Crippen MR) is 127 cm³/mol. The van der Waals surface area contributed by atoms with Crippen molar-refractivity contribution in [2.45, 2.75) is 50.0 Å². The van der Waals surface area contributed by atoms with Crippen molar-refractivity contribution in [3.63, 3.8) is 0 Å². The van der Waals surface area contributed by atoms with Crippen LogP contribution in [0.5, 0.6) is 0 Å². The summed E-state index contributed by atoms with van der Waals surface area (Å²) in [7, 11) is 5.10. The molecule has 0 aliphatic heterocycles. The SMILES string of the molecule is CNc1cc(Nc2cccn([C@H]3C[C@@H](OC)C3)c2=O)nc2c(C(=O)N[C@H]3CC[C@@H]3OC)cnn12. The summed E-state index contributed by atoms with van der Waals surface area (Å²) in [6.07, 6.45) is 6.94. The first-order valence-corrected chi connectivity index (χ1v) is 11.4. The highest BCUT2D eigenvalue weighted by molar-refractivity contribution is 6.00. The van der Waals surface area contributed by atoms with E-state index in [0.717, 1.165) is 25.7 Å². The Morgan fingerprint density at radius 1 is 1.21 bits per heavy atom. The molecular weight excluding hydrogens is 438 g/mol. The van der Waals surface area contributed by atoms with E-state index in [0.29, 0.717) is 28.5 Å². The van der Waals surface area contributed by atoms with Crippen molar-refractivity contribution in [2.24, 2.45) is 0 Å². The lowest BCUT2D eigenvalue weighted by Crippen LogP contribution is -2.51. The van der Waals surface area contributed by atoms with Crippen LogP contribution in [0.25, 0.3) is 5.65 Å². The maximum atomic E-state index is 13.1. The number of fused-ring (bicyclic) bond motifs is 1. The van der Waals surface area contributed by atoms with Gasteiger partial charge in [-0.15, -0.1) is 0 Å². The lowest BCUT2D eigenvalue weighted by molar-refractivity contribution is 0.00522. The molecule has 0 radical (unpaired) electrons. The molecule has 2 aliphatic rings. The van der Waals surface area contributed by atoms with Crippen LogP contribution >= 0.6 is 0 Å². The minimum atomic E-state index is -0.256. The van der Waals surface area contributed by atoms with Gasteiger partial charge in [-0.3, -0.25) is 9.59 Å². The Hall–Kier alpha value is -3.44. The minimum absolute atomic E-state index is 0.0236. The van der Waals surface area contributed by atoms with Crippen molar-refractivity contribution in [1.29, 1.82) is 0 Å². The van der Waals surface area contributed by atoms with Crippen LogP contribution in [0.3, 0.4) is 0 Å². The maximum Gasteiger partial charge on any atom is 0.274 e. The number of hydrogen-bond donors (Lipinski definition) is 3. The largest absolute Gasteiger partial charge is 0.381 e. The molecule has 180 valence electrons. The molecule has 3 aromatic heterocycles. The van der Waals surface area contributed by atoms with Gasteiger partial charge in [0.1, 0.15) is 22.9 Å². The van der Waals surface area contributed by atoms with Crippen LogP contribution in [0, 0.1) is 0 Å². The predicted octanol–water partition coefficient (Wildman–Crippen LogP) is 1.93. The first kappa shape index (κ1) is 22.4. The summed E-state index contributed by atoms with van der Waals surface area (Å²) in [4.78, 5) is 30.7. The van der Waals surface area contributed by atoms with Crippen molar-refractivity contribution >= 4 is 28.9 Å². The third-order valence-corrected chi connectivity index (χ3v) is 6.84. The number of anilines is 3. The van der Waals surface area contributed by atoms with Crippen molar-refractivity contribution < 1.29 is 14.3 Å². The van der Waals surface area contributed by atoms with E-state index in [1.807, 2.05) is 6.07 Å². The van der Waals surface area contributed by atoms with Crippen molar-refractivity contribution in [1.82, 2.24) is 24.5 Å². The molecule has 3 N–H and O–H groups in total. The highest BCUT2D eigenvalue weighted by Crippen LogP contribution is 2.33. The topological polar surface area (TPSA) is 124 Å². The molecule has 3 heterocycles. The molecule has 34 heavy (non-hydrogen) atoms. The number of carbonyl (C=O) groups is 1. The molecule has 1 amide bonds. The Bertz CT molecular complexity index is 1260. The summed E-state index contributed by atoms with van der Waals surface area (Å²) >= 11 is 0. The van der Waals surface area contributed by atoms with Gasteiger partial charge < -0.3 is 30.0 Å². The molecule has 0 aromatic carbocycles. The highest BCUT2D eigenvalue weighted by atomic mass is 16.5. The van der Waals surface area contributed by atoms with Gasteiger partial charge in [0.2, 0.25) is 0 Å². The Balaban J connectivity index is 1.43. The summed E-state index contributed by atoms with van der Waals surface area (Å²) in [5.41, 5.74) is 1.02. The first-order valence-electron chi connectivity index (χ1n) is 11.4. The van der Waals surface area contributed by atoms with Gasteiger partial charge in [-0.1, -0.05) is 0 Å². The fraction of sp³-hybridized carbons (Fsp3) is 0.478.